The fourth-order valence-corrected chi connectivity index (χ4v) is 3.46. The SMILES string of the molecule is CCNC(=NCCc1cc(C)ccc1OC)N1CCOC(c2cnn(C)c2)C1.I. The maximum atomic E-state index is 5.96. The van der Waals surface area contributed by atoms with Gasteiger partial charge in [0.05, 0.1) is 26.5 Å². The lowest BCUT2D eigenvalue weighted by Crippen LogP contribution is -2.48. The maximum absolute atomic E-state index is 5.96. The molecule has 1 fully saturated rings. The van der Waals surface area contributed by atoms with Crippen LogP contribution in [0, 0.1) is 6.92 Å². The molecule has 1 saturated heterocycles. The number of hydrogen-bond acceptors (Lipinski definition) is 4. The number of nitrogens with one attached hydrogen (secondary N) is 1. The molecule has 160 valence electrons. The van der Waals surface area contributed by atoms with Crippen LogP contribution in [0.5, 0.6) is 5.75 Å². The molecule has 1 atom stereocenters. The van der Waals surface area contributed by atoms with Gasteiger partial charge >= 0.3 is 0 Å². The average Bonchev–Trinajstić information content (AvgIpc) is 3.14. The molecule has 0 aliphatic carbocycles. The van der Waals surface area contributed by atoms with Crippen molar-refractivity contribution in [3.63, 3.8) is 0 Å². The minimum Gasteiger partial charge on any atom is -0.496 e. The molecular weight excluding hydrogens is 481 g/mol. The number of aryl methyl sites for hydroxylation is 2. The second kappa shape index (κ2) is 11.4. The van der Waals surface area contributed by atoms with Gasteiger partial charge in [0.2, 0.25) is 0 Å². The van der Waals surface area contributed by atoms with E-state index >= 15 is 0 Å². The Hall–Kier alpha value is -1.81. The number of nitrogens with zero attached hydrogens (tertiary/aromatic N) is 4. The van der Waals surface area contributed by atoms with Gasteiger partial charge < -0.3 is 19.7 Å². The molecule has 1 N–H and O–H groups in total. The van der Waals surface area contributed by atoms with Gasteiger partial charge in [-0.3, -0.25) is 9.67 Å². The molecule has 0 radical (unpaired) electrons. The number of hydrogen-bond donors (Lipinski definition) is 1. The van der Waals surface area contributed by atoms with E-state index in [4.69, 9.17) is 14.5 Å². The van der Waals surface area contributed by atoms with Crippen LogP contribution in [0.2, 0.25) is 0 Å². The number of rotatable bonds is 6. The third kappa shape index (κ3) is 6.33. The van der Waals surface area contributed by atoms with Crippen LogP contribution in [-0.2, 0) is 18.2 Å². The Balaban J connectivity index is 0.00000300. The number of morpholine rings is 1. The van der Waals surface area contributed by atoms with Crippen LogP contribution in [0.1, 0.15) is 29.7 Å². The van der Waals surface area contributed by atoms with Gasteiger partial charge in [-0.25, -0.2) is 0 Å². The van der Waals surface area contributed by atoms with E-state index in [0.29, 0.717) is 13.2 Å². The van der Waals surface area contributed by atoms with Crippen molar-refractivity contribution >= 4 is 29.9 Å². The minimum absolute atomic E-state index is 0. The molecule has 1 aromatic heterocycles. The van der Waals surface area contributed by atoms with Gasteiger partial charge in [-0.2, -0.15) is 5.10 Å². The van der Waals surface area contributed by atoms with E-state index in [9.17, 15) is 0 Å². The number of aliphatic imine (C=N–C) groups is 1. The zero-order valence-corrected chi connectivity index (χ0v) is 20.1. The molecule has 2 aromatic rings. The lowest BCUT2D eigenvalue weighted by Gasteiger charge is -2.34. The van der Waals surface area contributed by atoms with E-state index in [1.807, 2.05) is 30.2 Å². The summed E-state index contributed by atoms with van der Waals surface area (Å²) >= 11 is 0. The first-order valence-electron chi connectivity index (χ1n) is 9.87. The van der Waals surface area contributed by atoms with Crippen molar-refractivity contribution in [2.75, 3.05) is 39.9 Å². The Bertz CT molecular complexity index is 808. The predicted molar refractivity (Wildman–Crippen MR) is 126 cm³/mol. The highest BCUT2D eigenvalue weighted by Crippen LogP contribution is 2.22. The van der Waals surface area contributed by atoms with Gasteiger partial charge in [0.1, 0.15) is 11.9 Å². The third-order valence-corrected chi connectivity index (χ3v) is 4.88. The second-order valence-corrected chi connectivity index (χ2v) is 7.05. The first-order chi connectivity index (χ1) is 13.6. The number of guanidine groups is 1. The van der Waals surface area contributed by atoms with Crippen molar-refractivity contribution in [1.29, 1.82) is 0 Å². The molecule has 8 heteroatoms. The Morgan fingerprint density at radius 2 is 2.24 bits per heavy atom. The van der Waals surface area contributed by atoms with Crippen LogP contribution in [-0.4, -0.2) is 60.5 Å². The summed E-state index contributed by atoms with van der Waals surface area (Å²) in [6.45, 7) is 8.01. The van der Waals surface area contributed by atoms with Crippen molar-refractivity contribution in [1.82, 2.24) is 20.0 Å². The molecule has 0 saturated carbocycles. The lowest BCUT2D eigenvalue weighted by atomic mass is 10.1. The maximum Gasteiger partial charge on any atom is 0.194 e. The van der Waals surface area contributed by atoms with Crippen LogP contribution in [0.3, 0.4) is 0 Å². The molecule has 1 aromatic carbocycles. The molecule has 3 rings (SSSR count). The summed E-state index contributed by atoms with van der Waals surface area (Å²) in [7, 11) is 3.64. The van der Waals surface area contributed by atoms with Crippen molar-refractivity contribution in [3.8, 4) is 5.75 Å². The summed E-state index contributed by atoms with van der Waals surface area (Å²) in [5, 5.41) is 7.69. The number of benzene rings is 1. The van der Waals surface area contributed by atoms with Crippen LogP contribution in [0.4, 0.5) is 0 Å². The zero-order valence-electron chi connectivity index (χ0n) is 17.7. The smallest absolute Gasteiger partial charge is 0.194 e. The quantitative estimate of drug-likeness (QED) is 0.366. The summed E-state index contributed by atoms with van der Waals surface area (Å²) in [4.78, 5) is 7.15. The normalized spacial score (nSPS) is 17.0. The van der Waals surface area contributed by atoms with Crippen LogP contribution in [0.15, 0.2) is 35.6 Å². The fourth-order valence-electron chi connectivity index (χ4n) is 3.46. The molecule has 0 bridgehead atoms. The number of methoxy groups -OCH3 is 1. The van der Waals surface area contributed by atoms with Gasteiger partial charge in [-0.15, -0.1) is 24.0 Å². The predicted octanol–water partition coefficient (Wildman–Crippen LogP) is 2.94. The standard InChI is InChI=1S/C21H31N5O2.HI/c1-5-22-21(23-9-8-17-12-16(2)6-7-19(17)27-4)26-10-11-28-20(15-26)18-13-24-25(3)14-18;/h6-7,12-14,20H,5,8-11,15H2,1-4H3,(H,22,23);1H. The Morgan fingerprint density at radius 3 is 2.93 bits per heavy atom. The summed E-state index contributed by atoms with van der Waals surface area (Å²) < 4.78 is 13.3. The summed E-state index contributed by atoms with van der Waals surface area (Å²) in [6, 6.07) is 6.27. The number of ether oxygens (including phenoxy) is 2. The molecule has 7 nitrogen and oxygen atoms in total. The molecule has 1 aliphatic heterocycles. The Morgan fingerprint density at radius 1 is 1.41 bits per heavy atom. The van der Waals surface area contributed by atoms with Crippen LogP contribution >= 0.6 is 24.0 Å². The van der Waals surface area contributed by atoms with E-state index in [2.05, 4.69) is 41.3 Å². The highest BCUT2D eigenvalue weighted by molar-refractivity contribution is 14.0. The highest BCUT2D eigenvalue weighted by Gasteiger charge is 2.25. The van der Waals surface area contributed by atoms with Crippen molar-refractivity contribution < 1.29 is 9.47 Å². The van der Waals surface area contributed by atoms with Crippen molar-refractivity contribution in [3.05, 3.63) is 47.3 Å². The minimum atomic E-state index is 0. The summed E-state index contributed by atoms with van der Waals surface area (Å²) in [5.41, 5.74) is 3.53. The van der Waals surface area contributed by atoms with Gasteiger partial charge in [0.15, 0.2) is 5.96 Å². The number of halogens is 1. The topological polar surface area (TPSA) is 63.9 Å². The van der Waals surface area contributed by atoms with Gasteiger partial charge in [0, 0.05) is 38.4 Å². The Labute approximate surface area is 190 Å². The van der Waals surface area contributed by atoms with Gasteiger partial charge in [-0.1, -0.05) is 17.7 Å². The zero-order chi connectivity index (χ0) is 19.9. The second-order valence-electron chi connectivity index (χ2n) is 7.05. The summed E-state index contributed by atoms with van der Waals surface area (Å²) in [6.07, 6.45) is 4.75. The molecule has 0 spiro atoms. The largest absolute Gasteiger partial charge is 0.496 e. The fraction of sp³-hybridized carbons (Fsp3) is 0.524. The molecule has 0 amide bonds. The van der Waals surface area contributed by atoms with Gasteiger partial charge in [-0.05, 0) is 31.9 Å². The lowest BCUT2D eigenvalue weighted by molar-refractivity contribution is -0.00803. The van der Waals surface area contributed by atoms with Crippen LogP contribution < -0.4 is 10.1 Å². The molecule has 1 unspecified atom stereocenters. The van der Waals surface area contributed by atoms with Crippen molar-refractivity contribution in [2.45, 2.75) is 26.4 Å². The molecule has 1 aliphatic rings. The Kier molecular flexibility index (Phi) is 9.22. The van der Waals surface area contributed by atoms with E-state index < -0.39 is 0 Å². The molecule has 2 heterocycles. The third-order valence-electron chi connectivity index (χ3n) is 4.88. The first-order valence-corrected chi connectivity index (χ1v) is 9.87. The van der Waals surface area contributed by atoms with Gasteiger partial charge in [0.25, 0.3) is 0 Å². The van der Waals surface area contributed by atoms with E-state index in [1.54, 1.807) is 7.11 Å². The summed E-state index contributed by atoms with van der Waals surface area (Å²) in [5.74, 6) is 1.86. The first kappa shape index (κ1) is 23.5. The van der Waals surface area contributed by atoms with Crippen molar-refractivity contribution in [2.24, 2.45) is 12.0 Å². The average molecular weight is 513 g/mol. The number of aromatic nitrogens is 2. The van der Waals surface area contributed by atoms with E-state index in [1.165, 1.54) is 11.1 Å². The monoisotopic (exact) mass is 513 g/mol. The molecular formula is C21H32IN5O2. The highest BCUT2D eigenvalue weighted by atomic mass is 127. The van der Waals surface area contributed by atoms with E-state index in [-0.39, 0.29) is 30.1 Å². The molecule has 29 heavy (non-hydrogen) atoms. The van der Waals surface area contributed by atoms with E-state index in [0.717, 1.165) is 43.3 Å². The van der Waals surface area contributed by atoms with Crippen LogP contribution in [0.25, 0.3) is 0 Å².